The minimum atomic E-state index is -0.114. The van der Waals surface area contributed by atoms with E-state index in [-0.39, 0.29) is 17.5 Å². The van der Waals surface area contributed by atoms with Crippen molar-refractivity contribution in [2.45, 2.75) is 71.1 Å². The summed E-state index contributed by atoms with van der Waals surface area (Å²) in [6, 6.07) is 12.8. The van der Waals surface area contributed by atoms with E-state index in [0.717, 1.165) is 42.9 Å². The van der Waals surface area contributed by atoms with Crippen molar-refractivity contribution in [2.24, 2.45) is 0 Å². The minimum absolute atomic E-state index is 0.0583. The molecule has 5 nitrogen and oxygen atoms in total. The van der Waals surface area contributed by atoms with Gasteiger partial charge in [-0.1, -0.05) is 53.1 Å². The molecule has 2 atom stereocenters. The second kappa shape index (κ2) is 12.6. The van der Waals surface area contributed by atoms with Crippen molar-refractivity contribution in [3.8, 4) is 17.2 Å². The first-order valence-corrected chi connectivity index (χ1v) is 12.7. The summed E-state index contributed by atoms with van der Waals surface area (Å²) in [6.07, 6.45) is 3.06. The Morgan fingerprint density at radius 2 is 1.70 bits per heavy atom. The highest BCUT2D eigenvalue weighted by molar-refractivity contribution is 7.48. The van der Waals surface area contributed by atoms with Gasteiger partial charge in [-0.3, -0.25) is 0 Å². The topological polar surface area (TPSA) is 49.0 Å². The van der Waals surface area contributed by atoms with Gasteiger partial charge in [-0.2, -0.15) is 0 Å². The van der Waals surface area contributed by atoms with Crippen molar-refractivity contribution in [1.29, 1.82) is 0 Å². The molecule has 0 amide bonds. The van der Waals surface area contributed by atoms with E-state index in [4.69, 9.17) is 18.9 Å². The first kappa shape index (κ1) is 27.4. The van der Waals surface area contributed by atoms with Gasteiger partial charge >= 0.3 is 0 Å². The maximum atomic E-state index is 6.11. The minimum Gasteiger partial charge on any atom is -0.497 e. The molecular weight excluding hydrogens is 433 g/mol. The van der Waals surface area contributed by atoms with Crippen LogP contribution in [-0.4, -0.2) is 33.7 Å². The van der Waals surface area contributed by atoms with Crippen LogP contribution in [0.2, 0.25) is 0 Å². The molecule has 33 heavy (non-hydrogen) atoms. The van der Waals surface area contributed by atoms with E-state index in [1.54, 1.807) is 21.3 Å². The maximum absolute atomic E-state index is 6.11. The lowest BCUT2D eigenvalue weighted by atomic mass is 9.89. The summed E-state index contributed by atoms with van der Waals surface area (Å²) in [5, 5.41) is 4.92. The molecule has 0 saturated carbocycles. The quantitative estimate of drug-likeness (QED) is 0.285. The van der Waals surface area contributed by atoms with Crippen molar-refractivity contribution >= 4 is 13.9 Å². The zero-order valence-corrected chi connectivity index (χ0v) is 22.6. The normalized spacial score (nSPS) is 13.8. The van der Waals surface area contributed by atoms with Crippen LogP contribution >= 0.6 is 8.58 Å². The van der Waals surface area contributed by atoms with E-state index in [0.29, 0.717) is 14.3 Å². The van der Waals surface area contributed by atoms with Gasteiger partial charge in [0.05, 0.1) is 14.2 Å². The van der Waals surface area contributed by atoms with Gasteiger partial charge in [0.15, 0.2) is 18.3 Å². The molecule has 0 aliphatic heterocycles. The van der Waals surface area contributed by atoms with Crippen LogP contribution in [0.3, 0.4) is 0 Å². The number of nitrogens with one attached hydrogen (secondary N) is 1. The number of hydrogen-bond donors (Lipinski definition) is 1. The first-order valence-electron chi connectivity index (χ1n) is 11.7. The molecule has 0 aliphatic carbocycles. The number of hydrogen-bond acceptors (Lipinski definition) is 5. The van der Waals surface area contributed by atoms with Crippen LogP contribution in [0.1, 0.15) is 65.0 Å². The summed E-state index contributed by atoms with van der Waals surface area (Å²) in [5.41, 5.74) is 2.52. The molecule has 0 spiro atoms. The average molecular weight is 476 g/mol. The molecule has 6 heteroatoms. The molecule has 2 rings (SSSR count). The second-order valence-electron chi connectivity index (χ2n) is 9.33. The molecule has 2 aromatic rings. The molecule has 0 fully saturated rings. The summed E-state index contributed by atoms with van der Waals surface area (Å²) in [7, 11) is 5.56. The summed E-state index contributed by atoms with van der Waals surface area (Å²) in [6.45, 7) is 12.1. The Morgan fingerprint density at radius 3 is 2.27 bits per heavy atom. The smallest absolute Gasteiger partial charge is 0.188 e. The van der Waals surface area contributed by atoms with Crippen molar-refractivity contribution in [3.63, 3.8) is 0 Å². The highest BCUT2D eigenvalue weighted by Crippen LogP contribution is 2.54. The molecule has 0 aromatic heterocycles. The molecule has 0 saturated heterocycles. The van der Waals surface area contributed by atoms with Crippen LogP contribution in [0.4, 0.5) is 0 Å². The Labute approximate surface area is 202 Å². The van der Waals surface area contributed by atoms with Gasteiger partial charge < -0.3 is 24.3 Å². The number of methoxy groups -OCH3 is 3. The summed E-state index contributed by atoms with van der Waals surface area (Å²) < 4.78 is 22.7. The Morgan fingerprint density at radius 1 is 0.970 bits per heavy atom. The highest BCUT2D eigenvalue weighted by atomic mass is 31.1. The van der Waals surface area contributed by atoms with E-state index in [1.165, 1.54) is 10.9 Å². The van der Waals surface area contributed by atoms with Gasteiger partial charge in [-0.05, 0) is 50.5 Å². The Hall–Kier alpha value is -1.81. The Bertz CT molecular complexity index is 881. The van der Waals surface area contributed by atoms with Crippen molar-refractivity contribution in [1.82, 2.24) is 5.32 Å². The predicted molar refractivity (Wildman–Crippen MR) is 140 cm³/mol. The van der Waals surface area contributed by atoms with Gasteiger partial charge in [0.25, 0.3) is 0 Å². The Balaban J connectivity index is 2.63. The molecule has 0 heterocycles. The third-order valence-electron chi connectivity index (χ3n) is 5.80. The number of rotatable bonds is 13. The van der Waals surface area contributed by atoms with Crippen molar-refractivity contribution in [2.75, 3.05) is 28.1 Å². The maximum Gasteiger partial charge on any atom is 0.188 e. The summed E-state index contributed by atoms with van der Waals surface area (Å²) in [4.78, 5) is 0. The zero-order valence-electron chi connectivity index (χ0n) is 21.6. The number of ether oxygens (including phenoxy) is 4. The summed E-state index contributed by atoms with van der Waals surface area (Å²) >= 11 is 0. The highest BCUT2D eigenvalue weighted by Gasteiger charge is 2.35. The van der Waals surface area contributed by atoms with Gasteiger partial charge in [-0.25, -0.2) is 0 Å². The van der Waals surface area contributed by atoms with E-state index < -0.39 is 0 Å². The van der Waals surface area contributed by atoms with Crippen LogP contribution in [0, 0.1) is 0 Å². The van der Waals surface area contributed by atoms with Crippen molar-refractivity contribution < 1.29 is 18.9 Å². The lowest BCUT2D eigenvalue weighted by Gasteiger charge is -2.36. The molecule has 0 bridgehead atoms. The average Bonchev–Trinajstić information content (AvgIpc) is 2.80. The second-order valence-corrected chi connectivity index (χ2v) is 11.1. The lowest BCUT2D eigenvalue weighted by molar-refractivity contribution is 0.0478. The zero-order chi connectivity index (χ0) is 24.5. The molecule has 0 radical (unpaired) electrons. The van der Waals surface area contributed by atoms with Crippen LogP contribution in [-0.2, 0) is 16.4 Å². The largest absolute Gasteiger partial charge is 0.497 e. The van der Waals surface area contributed by atoms with Crippen LogP contribution in [0.5, 0.6) is 17.2 Å². The van der Waals surface area contributed by atoms with Gasteiger partial charge in [0, 0.05) is 36.0 Å². The fourth-order valence-corrected chi connectivity index (χ4v) is 5.93. The molecule has 2 unspecified atom stereocenters. The van der Waals surface area contributed by atoms with Gasteiger partial charge in [0.1, 0.15) is 5.75 Å². The van der Waals surface area contributed by atoms with E-state index in [9.17, 15) is 0 Å². The fourth-order valence-electron chi connectivity index (χ4n) is 4.03. The predicted octanol–water partition coefficient (Wildman–Crippen LogP) is 5.98. The van der Waals surface area contributed by atoms with Gasteiger partial charge in [0.2, 0.25) is 0 Å². The summed E-state index contributed by atoms with van der Waals surface area (Å²) in [5.74, 6) is 2.18. The number of benzene rings is 2. The van der Waals surface area contributed by atoms with Crippen LogP contribution in [0.15, 0.2) is 36.4 Å². The first-order chi connectivity index (χ1) is 15.7. The Kier molecular flexibility index (Phi) is 10.5. The standard InChI is InChI=1S/C27H42NO4P/c1-9-15-27(10-2,33-24-14-12-11-13-20(24)18-28-26(3,4)5)22-16-21(30-7)17-23(31-8)25(22)32-19-29-6/h11-14,16-17,28,33H,9-10,15,18-19H2,1-8H3. The molecular formula is C27H42NO4P. The molecule has 0 aliphatic rings. The van der Waals surface area contributed by atoms with Gasteiger partial charge in [-0.15, -0.1) is 0 Å². The van der Waals surface area contributed by atoms with Crippen LogP contribution in [0.25, 0.3) is 0 Å². The molecule has 184 valence electrons. The fraction of sp³-hybridized carbons (Fsp3) is 0.556. The molecule has 2 aromatic carbocycles. The van der Waals surface area contributed by atoms with E-state index in [2.05, 4.69) is 70.3 Å². The third-order valence-corrected chi connectivity index (χ3v) is 7.91. The monoisotopic (exact) mass is 475 g/mol. The third kappa shape index (κ3) is 7.34. The van der Waals surface area contributed by atoms with E-state index in [1.807, 2.05) is 6.07 Å². The SMILES string of the molecule is CCCC(CC)(Pc1ccccc1CNC(C)(C)C)c1cc(OC)cc(OC)c1OCOC. The van der Waals surface area contributed by atoms with E-state index >= 15 is 0 Å². The van der Waals surface area contributed by atoms with Crippen LogP contribution < -0.4 is 24.8 Å². The lowest BCUT2D eigenvalue weighted by Crippen LogP contribution is -2.36. The molecule has 1 N–H and O–H groups in total. The van der Waals surface area contributed by atoms with Crippen molar-refractivity contribution in [3.05, 3.63) is 47.5 Å².